The van der Waals surface area contributed by atoms with Gasteiger partial charge in [0.05, 0.1) is 22.3 Å². The highest BCUT2D eigenvalue weighted by Gasteiger charge is 2.38. The second kappa shape index (κ2) is 12.9. The van der Waals surface area contributed by atoms with Crippen molar-refractivity contribution in [1.29, 1.82) is 0 Å². The standard InChI is InChI=1S/C20H28FN5O3S.C2HF3O2/c1-3-13(21)10-23-20-24-12-17(18-9-8-16(11-22-18)30(2,28)29)19(26-20)25-14-4-6-15(27)7-5-14;3-2(4,5)1(6)7/h8-9,11-15,27H,3-7,10H2,1-2H3,(H2,23,24,25,26);(H,6,7)/t13-,14?,15?;/m0./s1. The number of aliphatic carboxylic acids is 1. The Kier molecular flexibility index (Phi) is 10.5. The second-order valence-corrected chi connectivity index (χ2v) is 10.5. The van der Waals surface area contributed by atoms with Crippen LogP contribution in [0.1, 0.15) is 39.0 Å². The molecule has 15 heteroatoms. The van der Waals surface area contributed by atoms with Gasteiger partial charge in [-0.15, -0.1) is 0 Å². The van der Waals surface area contributed by atoms with Crippen molar-refractivity contribution in [3.05, 3.63) is 24.5 Å². The molecule has 0 amide bonds. The zero-order valence-corrected chi connectivity index (χ0v) is 21.0. The van der Waals surface area contributed by atoms with Gasteiger partial charge in [-0.3, -0.25) is 4.98 Å². The molecular formula is C22H29F4N5O5S. The molecule has 0 radical (unpaired) electrons. The van der Waals surface area contributed by atoms with E-state index < -0.39 is 28.2 Å². The van der Waals surface area contributed by atoms with Crippen molar-refractivity contribution in [2.45, 2.75) is 68.4 Å². The van der Waals surface area contributed by atoms with Crippen LogP contribution in [0.25, 0.3) is 11.3 Å². The minimum atomic E-state index is -5.08. The Bertz CT molecular complexity index is 1140. The van der Waals surface area contributed by atoms with E-state index in [4.69, 9.17) is 9.90 Å². The number of nitrogens with zero attached hydrogens (tertiary/aromatic N) is 3. The number of carbonyl (C=O) groups is 1. The van der Waals surface area contributed by atoms with E-state index in [1.807, 2.05) is 0 Å². The van der Waals surface area contributed by atoms with Crippen LogP contribution in [-0.2, 0) is 14.6 Å². The molecule has 2 aromatic heterocycles. The van der Waals surface area contributed by atoms with Crippen LogP contribution < -0.4 is 10.6 Å². The molecule has 1 fully saturated rings. The van der Waals surface area contributed by atoms with E-state index in [0.717, 1.165) is 19.1 Å². The third-order valence-corrected chi connectivity index (χ3v) is 6.53. The summed E-state index contributed by atoms with van der Waals surface area (Å²) >= 11 is 0. The molecule has 37 heavy (non-hydrogen) atoms. The van der Waals surface area contributed by atoms with Crippen molar-refractivity contribution in [3.8, 4) is 11.3 Å². The van der Waals surface area contributed by atoms with Gasteiger partial charge >= 0.3 is 12.1 Å². The van der Waals surface area contributed by atoms with Gasteiger partial charge in [0.25, 0.3) is 0 Å². The van der Waals surface area contributed by atoms with Crippen molar-refractivity contribution >= 4 is 27.6 Å². The van der Waals surface area contributed by atoms with E-state index in [1.54, 1.807) is 19.2 Å². The van der Waals surface area contributed by atoms with Gasteiger partial charge in [0.1, 0.15) is 12.0 Å². The first-order chi connectivity index (χ1) is 17.2. The highest BCUT2D eigenvalue weighted by molar-refractivity contribution is 7.90. The van der Waals surface area contributed by atoms with Crippen molar-refractivity contribution in [3.63, 3.8) is 0 Å². The largest absolute Gasteiger partial charge is 0.490 e. The maximum absolute atomic E-state index is 13.6. The molecule has 1 aliphatic carbocycles. The number of nitrogens with one attached hydrogen (secondary N) is 2. The number of anilines is 2. The predicted molar refractivity (Wildman–Crippen MR) is 128 cm³/mol. The SMILES string of the molecule is CC[C@H](F)CNc1ncc(-c2ccc(S(C)(=O)=O)cn2)c(NC2CCC(O)CC2)n1.O=C(O)C(F)(F)F. The molecule has 2 aromatic rings. The molecule has 1 atom stereocenters. The lowest BCUT2D eigenvalue weighted by molar-refractivity contribution is -0.192. The molecule has 0 bridgehead atoms. The zero-order valence-electron chi connectivity index (χ0n) is 20.2. The fourth-order valence-corrected chi connectivity index (χ4v) is 3.84. The number of hydrogen-bond donors (Lipinski definition) is 4. The van der Waals surface area contributed by atoms with Crippen LogP contribution in [0.2, 0.25) is 0 Å². The molecule has 4 N–H and O–H groups in total. The number of aliphatic hydroxyl groups is 1. The van der Waals surface area contributed by atoms with Crippen LogP contribution in [-0.4, -0.2) is 76.8 Å². The summed E-state index contributed by atoms with van der Waals surface area (Å²) in [5.41, 5.74) is 1.16. The summed E-state index contributed by atoms with van der Waals surface area (Å²) in [4.78, 5) is 22.1. The first-order valence-electron chi connectivity index (χ1n) is 11.4. The Morgan fingerprint density at radius 3 is 2.27 bits per heavy atom. The van der Waals surface area contributed by atoms with Gasteiger partial charge in [-0.05, 0) is 44.2 Å². The third kappa shape index (κ3) is 9.72. The molecule has 0 aromatic carbocycles. The number of aromatic nitrogens is 3. The van der Waals surface area contributed by atoms with Gasteiger partial charge in [-0.2, -0.15) is 18.2 Å². The Labute approximate surface area is 211 Å². The molecule has 0 spiro atoms. The van der Waals surface area contributed by atoms with E-state index in [2.05, 4.69) is 25.6 Å². The van der Waals surface area contributed by atoms with Crippen molar-refractivity contribution in [1.82, 2.24) is 15.0 Å². The summed E-state index contributed by atoms with van der Waals surface area (Å²) in [5.74, 6) is -1.91. The van der Waals surface area contributed by atoms with E-state index in [-0.39, 0.29) is 23.6 Å². The summed E-state index contributed by atoms with van der Waals surface area (Å²) in [6.45, 7) is 1.89. The normalized spacial score (nSPS) is 18.8. The van der Waals surface area contributed by atoms with Crippen LogP contribution >= 0.6 is 0 Å². The number of hydrogen-bond acceptors (Lipinski definition) is 9. The number of aliphatic hydroxyl groups excluding tert-OH is 1. The maximum Gasteiger partial charge on any atom is 0.490 e. The van der Waals surface area contributed by atoms with Gasteiger partial charge in [-0.1, -0.05) is 6.92 Å². The number of carboxylic acid groups (broad SMARTS) is 1. The lowest BCUT2D eigenvalue weighted by Gasteiger charge is -2.27. The number of rotatable bonds is 8. The maximum atomic E-state index is 13.6. The van der Waals surface area contributed by atoms with E-state index in [1.165, 1.54) is 12.3 Å². The van der Waals surface area contributed by atoms with Gasteiger partial charge in [0.15, 0.2) is 9.84 Å². The smallest absolute Gasteiger partial charge is 0.475 e. The minimum absolute atomic E-state index is 0.117. The molecule has 0 aliphatic heterocycles. The Hall–Kier alpha value is -3.07. The average Bonchev–Trinajstić information content (AvgIpc) is 2.83. The molecule has 10 nitrogen and oxygen atoms in total. The fraction of sp³-hybridized carbons (Fsp3) is 0.545. The summed E-state index contributed by atoms with van der Waals surface area (Å²) in [7, 11) is -3.34. The number of carboxylic acids is 1. The second-order valence-electron chi connectivity index (χ2n) is 8.45. The summed E-state index contributed by atoms with van der Waals surface area (Å²) in [6.07, 6.45) is 1.12. The van der Waals surface area contributed by atoms with Crippen LogP contribution in [0.5, 0.6) is 0 Å². The van der Waals surface area contributed by atoms with Gasteiger partial charge in [0, 0.05) is 31.2 Å². The Morgan fingerprint density at radius 1 is 1.16 bits per heavy atom. The van der Waals surface area contributed by atoms with Gasteiger partial charge in [-0.25, -0.2) is 22.6 Å². The molecule has 1 aliphatic rings. The number of sulfone groups is 1. The first kappa shape index (κ1) is 30.2. The summed E-state index contributed by atoms with van der Waals surface area (Å²) in [5, 5.41) is 23.2. The van der Waals surface area contributed by atoms with Crippen LogP contribution in [0.15, 0.2) is 29.4 Å². The van der Waals surface area contributed by atoms with Crippen LogP contribution in [0, 0.1) is 0 Å². The Balaban J connectivity index is 0.000000604. The minimum Gasteiger partial charge on any atom is -0.475 e. The molecule has 2 heterocycles. The topological polar surface area (TPSA) is 154 Å². The zero-order chi connectivity index (χ0) is 27.8. The lowest BCUT2D eigenvalue weighted by Crippen LogP contribution is -2.29. The van der Waals surface area contributed by atoms with Crippen molar-refractivity contribution < 1.29 is 41.0 Å². The molecule has 0 unspecified atom stereocenters. The molecular weight excluding hydrogens is 522 g/mol. The molecule has 0 saturated heterocycles. The lowest BCUT2D eigenvalue weighted by atomic mass is 9.93. The first-order valence-corrected chi connectivity index (χ1v) is 13.3. The van der Waals surface area contributed by atoms with Crippen molar-refractivity contribution in [2.24, 2.45) is 0 Å². The summed E-state index contributed by atoms with van der Waals surface area (Å²) < 4.78 is 68.7. The summed E-state index contributed by atoms with van der Waals surface area (Å²) in [6, 6.07) is 3.25. The fourth-order valence-electron chi connectivity index (χ4n) is 3.28. The van der Waals surface area contributed by atoms with E-state index in [9.17, 15) is 31.1 Å². The molecule has 1 saturated carbocycles. The highest BCUT2D eigenvalue weighted by Crippen LogP contribution is 2.29. The quantitative estimate of drug-likeness (QED) is 0.359. The average molecular weight is 552 g/mol. The highest BCUT2D eigenvalue weighted by atomic mass is 32.2. The van der Waals surface area contributed by atoms with Crippen LogP contribution in [0.4, 0.5) is 29.3 Å². The molecule has 3 rings (SSSR count). The van der Waals surface area contributed by atoms with Gasteiger partial charge in [0.2, 0.25) is 5.95 Å². The van der Waals surface area contributed by atoms with Crippen molar-refractivity contribution in [2.75, 3.05) is 23.4 Å². The number of pyridine rings is 1. The van der Waals surface area contributed by atoms with Crippen LogP contribution in [0.3, 0.4) is 0 Å². The van der Waals surface area contributed by atoms with E-state index in [0.29, 0.717) is 42.3 Å². The van der Waals surface area contributed by atoms with Gasteiger partial charge < -0.3 is 20.8 Å². The number of alkyl halides is 4. The monoisotopic (exact) mass is 551 g/mol. The van der Waals surface area contributed by atoms with E-state index >= 15 is 0 Å². The predicted octanol–water partition coefficient (Wildman–Crippen LogP) is 3.45. The third-order valence-electron chi connectivity index (χ3n) is 5.43. The number of halogens is 4. The molecule has 206 valence electrons. The Morgan fingerprint density at radius 2 is 1.78 bits per heavy atom.